The summed E-state index contributed by atoms with van der Waals surface area (Å²) in [5.41, 5.74) is 0.997. The van der Waals surface area contributed by atoms with Crippen molar-refractivity contribution in [3.05, 3.63) is 35.9 Å². The lowest BCUT2D eigenvalue weighted by Crippen LogP contribution is -2.37. The van der Waals surface area contributed by atoms with Crippen molar-refractivity contribution in [2.45, 2.75) is 6.10 Å². The van der Waals surface area contributed by atoms with Crippen LogP contribution in [0.2, 0.25) is 0 Å². The van der Waals surface area contributed by atoms with Gasteiger partial charge < -0.3 is 24.8 Å². The third-order valence-corrected chi connectivity index (χ3v) is 6.63. The van der Waals surface area contributed by atoms with Crippen LogP contribution in [-0.2, 0) is 19.1 Å². The number of piperidine rings is 1. The van der Waals surface area contributed by atoms with Crippen molar-refractivity contribution in [2.75, 3.05) is 62.8 Å². The van der Waals surface area contributed by atoms with Gasteiger partial charge in [-0.1, -0.05) is 0 Å². The van der Waals surface area contributed by atoms with Gasteiger partial charge in [-0.25, -0.2) is 4.39 Å². The number of rotatable bonds is 6. The van der Waals surface area contributed by atoms with E-state index < -0.39 is 6.10 Å². The number of ketones is 1. The number of ether oxygens (including phenoxy) is 2. The minimum atomic E-state index is -0.570. The van der Waals surface area contributed by atoms with E-state index in [4.69, 9.17) is 14.6 Å². The van der Waals surface area contributed by atoms with Gasteiger partial charge in [0.05, 0.1) is 18.9 Å². The van der Waals surface area contributed by atoms with E-state index in [-0.39, 0.29) is 41.9 Å². The van der Waals surface area contributed by atoms with Gasteiger partial charge in [-0.3, -0.25) is 14.5 Å². The Bertz CT molecular complexity index is 904. The number of anilines is 2. The number of likely N-dealkylation sites (tertiary alicyclic amines) is 1. The van der Waals surface area contributed by atoms with Crippen molar-refractivity contribution >= 4 is 23.1 Å². The van der Waals surface area contributed by atoms with Crippen molar-refractivity contribution < 1.29 is 28.6 Å². The van der Waals surface area contributed by atoms with Gasteiger partial charge in [0.25, 0.3) is 0 Å². The first-order chi connectivity index (χ1) is 15.0. The number of amides is 1. The molecule has 166 valence electrons. The highest BCUT2D eigenvalue weighted by atomic mass is 19.1. The number of hydrogen-bond acceptors (Lipinski definition) is 7. The van der Waals surface area contributed by atoms with Gasteiger partial charge in [-0.2, -0.15) is 0 Å². The highest BCUT2D eigenvalue weighted by molar-refractivity contribution is 5.96. The van der Waals surface area contributed by atoms with Gasteiger partial charge >= 0.3 is 0 Å². The molecule has 1 aromatic carbocycles. The molecule has 8 nitrogen and oxygen atoms in total. The number of nitrogens with zero attached hydrogens (tertiary/aromatic N) is 2. The number of benzene rings is 1. The number of aliphatic hydroxyl groups excluding tert-OH is 1. The summed E-state index contributed by atoms with van der Waals surface area (Å²) in [6, 6.07) is 4.83. The van der Waals surface area contributed by atoms with Crippen molar-refractivity contribution in [1.82, 2.24) is 4.90 Å². The first-order valence-electron chi connectivity index (χ1n) is 10.7. The molecule has 0 radical (unpaired) electrons. The van der Waals surface area contributed by atoms with Crippen LogP contribution in [0.25, 0.3) is 0 Å². The Kier molecular flexibility index (Phi) is 5.41. The molecule has 9 heteroatoms. The fraction of sp³-hybridized carbons (Fsp3) is 0.545. The number of halogens is 1. The minimum absolute atomic E-state index is 0.0781. The van der Waals surface area contributed by atoms with Gasteiger partial charge in [0.2, 0.25) is 11.7 Å². The van der Waals surface area contributed by atoms with Crippen LogP contribution in [0.5, 0.6) is 0 Å². The molecule has 31 heavy (non-hydrogen) atoms. The number of carbonyl (C=O) groups excluding carboxylic acids is 2. The molecule has 2 N–H and O–H groups in total. The number of fused-ring (bicyclic) bond motifs is 1. The quantitative estimate of drug-likeness (QED) is 0.683. The van der Waals surface area contributed by atoms with E-state index in [1.54, 1.807) is 12.1 Å². The highest BCUT2D eigenvalue weighted by Gasteiger charge is 2.59. The normalized spacial score (nSPS) is 30.1. The van der Waals surface area contributed by atoms with E-state index in [9.17, 15) is 14.0 Å². The fourth-order valence-electron chi connectivity index (χ4n) is 4.99. The lowest BCUT2D eigenvalue weighted by atomic mass is 10.2. The lowest BCUT2D eigenvalue weighted by Gasteiger charge is -2.29. The summed E-state index contributed by atoms with van der Waals surface area (Å²) in [4.78, 5) is 28.7. The van der Waals surface area contributed by atoms with Crippen molar-refractivity contribution in [3.8, 4) is 0 Å². The maximum Gasteiger partial charge on any atom is 0.228 e. The maximum absolute atomic E-state index is 14.6. The van der Waals surface area contributed by atoms with Crippen molar-refractivity contribution in [2.24, 2.45) is 17.8 Å². The number of carbonyl (C=O) groups is 2. The predicted molar refractivity (Wildman–Crippen MR) is 110 cm³/mol. The number of aliphatic hydroxyl groups is 1. The molecule has 0 aromatic heterocycles. The summed E-state index contributed by atoms with van der Waals surface area (Å²) < 4.78 is 25.3. The van der Waals surface area contributed by atoms with Gasteiger partial charge in [0.1, 0.15) is 18.2 Å². The molecule has 3 aliphatic heterocycles. The second-order valence-corrected chi connectivity index (χ2v) is 8.60. The summed E-state index contributed by atoms with van der Waals surface area (Å²) in [6.45, 7) is 4.12. The van der Waals surface area contributed by atoms with Crippen LogP contribution in [0.4, 0.5) is 15.8 Å². The molecule has 5 rings (SSSR count). The van der Waals surface area contributed by atoms with Gasteiger partial charge in [-0.05, 0) is 30.0 Å². The summed E-state index contributed by atoms with van der Waals surface area (Å²) in [7, 11) is 0. The maximum atomic E-state index is 14.6. The monoisotopic (exact) mass is 431 g/mol. The van der Waals surface area contributed by atoms with E-state index in [2.05, 4.69) is 10.2 Å². The third-order valence-electron chi connectivity index (χ3n) is 6.63. The van der Waals surface area contributed by atoms with Crippen LogP contribution in [0.1, 0.15) is 0 Å². The molecule has 3 heterocycles. The number of morpholine rings is 1. The first-order valence-corrected chi connectivity index (χ1v) is 10.7. The molecule has 0 bridgehead atoms. The van der Waals surface area contributed by atoms with Crippen LogP contribution in [0, 0.1) is 23.6 Å². The van der Waals surface area contributed by atoms with Crippen molar-refractivity contribution in [1.29, 1.82) is 0 Å². The van der Waals surface area contributed by atoms with Gasteiger partial charge in [-0.15, -0.1) is 0 Å². The van der Waals surface area contributed by atoms with E-state index in [1.807, 2.05) is 4.90 Å². The Labute approximate surface area is 179 Å². The third kappa shape index (κ3) is 4.05. The second kappa shape index (κ2) is 8.22. The Hall–Kier alpha value is -2.49. The molecule has 0 spiro atoms. The molecule has 3 unspecified atom stereocenters. The predicted octanol–water partition coefficient (Wildman–Crippen LogP) is 0.623. The zero-order valence-corrected chi connectivity index (χ0v) is 17.1. The SMILES string of the molecule is O=C1C=C(CO)OC1CN1CC2C(C1)C2C(=O)Nc1ccc(N2CCOCC2)c(F)c1. The molecular weight excluding hydrogens is 405 g/mol. The molecule has 1 aromatic rings. The van der Waals surface area contributed by atoms with Crippen LogP contribution < -0.4 is 10.2 Å². The molecule has 1 amide bonds. The van der Waals surface area contributed by atoms with E-state index >= 15 is 0 Å². The fourth-order valence-corrected chi connectivity index (χ4v) is 4.99. The zero-order chi connectivity index (χ0) is 21.5. The molecular formula is C22H26FN3O5. The first kappa shape index (κ1) is 20.4. The van der Waals surface area contributed by atoms with Crippen molar-refractivity contribution in [3.63, 3.8) is 0 Å². The van der Waals surface area contributed by atoms with E-state index in [0.29, 0.717) is 50.0 Å². The summed E-state index contributed by atoms with van der Waals surface area (Å²) in [5, 5.41) is 11.9. The number of hydrogen-bond donors (Lipinski definition) is 2. The van der Waals surface area contributed by atoms with Crippen LogP contribution >= 0.6 is 0 Å². The highest BCUT2D eigenvalue weighted by Crippen LogP contribution is 2.52. The van der Waals surface area contributed by atoms with Gasteiger partial charge in [0, 0.05) is 50.4 Å². The van der Waals surface area contributed by atoms with E-state index in [0.717, 1.165) is 13.1 Å². The Morgan fingerprint density at radius 3 is 2.61 bits per heavy atom. The second-order valence-electron chi connectivity index (χ2n) is 8.60. The Balaban J connectivity index is 1.12. The molecule has 4 aliphatic rings. The topological polar surface area (TPSA) is 91.3 Å². The van der Waals surface area contributed by atoms with Crippen LogP contribution in [-0.4, -0.2) is 80.3 Å². The Morgan fingerprint density at radius 1 is 1.23 bits per heavy atom. The van der Waals surface area contributed by atoms with Crippen LogP contribution in [0.3, 0.4) is 0 Å². The van der Waals surface area contributed by atoms with Gasteiger partial charge in [0.15, 0.2) is 6.10 Å². The molecule has 1 saturated carbocycles. The summed E-state index contributed by atoms with van der Waals surface area (Å²) in [5.74, 6) is 0.178. The number of nitrogens with one attached hydrogen (secondary N) is 1. The molecule has 1 aliphatic carbocycles. The standard InChI is InChI=1S/C22H26FN3O5/c23-17-7-13(1-2-18(17)26-3-5-30-6-4-26)24-22(29)21-15-9-25(10-16(15)21)11-20-19(28)8-14(12-27)31-20/h1-2,7-8,15-16,20-21,27H,3-6,9-12H2,(H,24,29). The lowest BCUT2D eigenvalue weighted by molar-refractivity contribution is -0.122. The summed E-state index contributed by atoms with van der Waals surface area (Å²) >= 11 is 0. The molecule has 2 saturated heterocycles. The smallest absolute Gasteiger partial charge is 0.228 e. The Morgan fingerprint density at radius 2 is 1.97 bits per heavy atom. The molecule has 3 fully saturated rings. The summed E-state index contributed by atoms with van der Waals surface area (Å²) in [6.07, 6.45) is 0.779. The zero-order valence-electron chi connectivity index (χ0n) is 17.1. The molecule has 3 atom stereocenters. The van der Waals surface area contributed by atoms with E-state index in [1.165, 1.54) is 12.1 Å². The average Bonchev–Trinajstić information content (AvgIpc) is 3.08. The largest absolute Gasteiger partial charge is 0.483 e. The average molecular weight is 431 g/mol. The minimum Gasteiger partial charge on any atom is -0.483 e. The van der Waals surface area contributed by atoms with Crippen LogP contribution in [0.15, 0.2) is 30.0 Å².